The molecule has 2 unspecified atom stereocenters. The van der Waals surface area contributed by atoms with Crippen molar-refractivity contribution in [2.24, 2.45) is 10.4 Å². The highest BCUT2D eigenvalue weighted by molar-refractivity contribution is 14.0. The number of pyridine rings is 1. The van der Waals surface area contributed by atoms with Gasteiger partial charge in [0, 0.05) is 31.3 Å². The summed E-state index contributed by atoms with van der Waals surface area (Å²) in [6.45, 7) is 12.2. The summed E-state index contributed by atoms with van der Waals surface area (Å²) in [5, 5.41) is 6.88. The average molecular weight is 446 g/mol. The zero-order valence-corrected chi connectivity index (χ0v) is 18.0. The van der Waals surface area contributed by atoms with Gasteiger partial charge in [-0.3, -0.25) is 4.98 Å². The van der Waals surface area contributed by atoms with Crippen LogP contribution >= 0.6 is 24.0 Å². The first-order chi connectivity index (χ1) is 10.8. The van der Waals surface area contributed by atoms with Gasteiger partial charge in [0.1, 0.15) is 0 Å². The van der Waals surface area contributed by atoms with E-state index in [1.54, 1.807) is 7.11 Å². The third kappa shape index (κ3) is 4.20. The Bertz CT molecular complexity index is 576. The van der Waals surface area contributed by atoms with Crippen molar-refractivity contribution < 1.29 is 4.74 Å². The molecule has 1 aliphatic rings. The monoisotopic (exact) mass is 446 g/mol. The number of hydrogen-bond acceptors (Lipinski definition) is 3. The van der Waals surface area contributed by atoms with Crippen molar-refractivity contribution in [3.8, 4) is 0 Å². The fourth-order valence-corrected chi connectivity index (χ4v) is 3.05. The van der Waals surface area contributed by atoms with Crippen LogP contribution in [-0.4, -0.2) is 36.2 Å². The summed E-state index contributed by atoms with van der Waals surface area (Å²) in [6.07, 6.45) is 2.79. The van der Waals surface area contributed by atoms with Crippen molar-refractivity contribution in [1.29, 1.82) is 0 Å². The number of methoxy groups -OCH3 is 1. The molecule has 0 saturated heterocycles. The van der Waals surface area contributed by atoms with Crippen LogP contribution in [0.25, 0.3) is 0 Å². The molecule has 6 heteroatoms. The highest BCUT2D eigenvalue weighted by Gasteiger charge is 2.58. The Morgan fingerprint density at radius 3 is 2.67 bits per heavy atom. The number of aryl methyl sites for hydroxylation is 1. The highest BCUT2D eigenvalue weighted by atomic mass is 127. The summed E-state index contributed by atoms with van der Waals surface area (Å²) >= 11 is 0. The van der Waals surface area contributed by atoms with Gasteiger partial charge >= 0.3 is 0 Å². The summed E-state index contributed by atoms with van der Waals surface area (Å²) < 4.78 is 5.70. The van der Waals surface area contributed by atoms with Crippen LogP contribution in [0, 0.1) is 12.3 Å². The molecule has 5 nitrogen and oxygen atoms in total. The zero-order chi connectivity index (χ0) is 17.1. The Morgan fingerprint density at radius 2 is 2.12 bits per heavy atom. The maximum Gasteiger partial charge on any atom is 0.191 e. The topological polar surface area (TPSA) is 58.5 Å². The van der Waals surface area contributed by atoms with Gasteiger partial charge in [0.05, 0.1) is 17.8 Å². The Balaban J connectivity index is 0.00000288. The van der Waals surface area contributed by atoms with E-state index in [-0.39, 0.29) is 35.0 Å². The predicted octanol–water partition coefficient (Wildman–Crippen LogP) is 3.27. The van der Waals surface area contributed by atoms with E-state index >= 15 is 0 Å². The van der Waals surface area contributed by atoms with Crippen molar-refractivity contribution in [2.45, 2.75) is 59.2 Å². The molecule has 2 rings (SSSR count). The molecule has 1 fully saturated rings. The molecular formula is C18H31IN4O. The molecule has 0 aliphatic heterocycles. The number of nitrogens with one attached hydrogen (secondary N) is 2. The SMILES string of the molecule is CCNC(=NCc1ncccc1C)NC1CC(C)(OC)C1(C)C.I. The van der Waals surface area contributed by atoms with Crippen LogP contribution in [0.2, 0.25) is 0 Å². The maximum atomic E-state index is 5.70. The first-order valence-electron chi connectivity index (χ1n) is 8.34. The number of halogens is 1. The van der Waals surface area contributed by atoms with E-state index in [0.29, 0.717) is 12.6 Å². The van der Waals surface area contributed by atoms with Gasteiger partial charge in [0.25, 0.3) is 0 Å². The number of nitrogens with zero attached hydrogens (tertiary/aromatic N) is 2. The summed E-state index contributed by atoms with van der Waals surface area (Å²) in [5.74, 6) is 0.841. The van der Waals surface area contributed by atoms with E-state index in [1.807, 2.05) is 12.3 Å². The average Bonchev–Trinajstić information content (AvgIpc) is 2.53. The van der Waals surface area contributed by atoms with Gasteiger partial charge in [-0.15, -0.1) is 24.0 Å². The number of ether oxygens (including phenoxy) is 1. The molecule has 0 amide bonds. The molecule has 136 valence electrons. The third-order valence-electron chi connectivity index (χ3n) is 5.44. The fourth-order valence-electron chi connectivity index (χ4n) is 3.05. The number of aliphatic imine (C=N–C) groups is 1. The summed E-state index contributed by atoms with van der Waals surface area (Å²) in [6, 6.07) is 4.36. The van der Waals surface area contributed by atoms with Crippen LogP contribution in [0.1, 0.15) is 45.4 Å². The van der Waals surface area contributed by atoms with Crippen molar-refractivity contribution >= 4 is 29.9 Å². The van der Waals surface area contributed by atoms with Crippen LogP contribution in [-0.2, 0) is 11.3 Å². The minimum Gasteiger partial charge on any atom is -0.378 e. The Hall–Kier alpha value is -0.890. The lowest BCUT2D eigenvalue weighted by atomic mass is 9.56. The summed E-state index contributed by atoms with van der Waals surface area (Å²) in [5.41, 5.74) is 2.15. The molecule has 2 N–H and O–H groups in total. The van der Waals surface area contributed by atoms with Crippen LogP contribution < -0.4 is 10.6 Å². The quantitative estimate of drug-likeness (QED) is 0.414. The van der Waals surface area contributed by atoms with Crippen molar-refractivity contribution in [3.63, 3.8) is 0 Å². The van der Waals surface area contributed by atoms with Crippen LogP contribution in [0.4, 0.5) is 0 Å². The van der Waals surface area contributed by atoms with Crippen molar-refractivity contribution in [3.05, 3.63) is 29.6 Å². The van der Waals surface area contributed by atoms with Gasteiger partial charge in [-0.1, -0.05) is 19.9 Å². The highest BCUT2D eigenvalue weighted by Crippen LogP contribution is 2.51. The second-order valence-electron chi connectivity index (χ2n) is 7.02. The Morgan fingerprint density at radius 1 is 1.42 bits per heavy atom. The maximum absolute atomic E-state index is 5.70. The molecule has 24 heavy (non-hydrogen) atoms. The number of guanidine groups is 1. The van der Waals surface area contributed by atoms with Gasteiger partial charge in [-0.25, -0.2) is 4.99 Å². The Labute approximate surface area is 163 Å². The molecule has 0 spiro atoms. The van der Waals surface area contributed by atoms with E-state index in [0.717, 1.165) is 24.6 Å². The van der Waals surface area contributed by atoms with Gasteiger partial charge < -0.3 is 15.4 Å². The van der Waals surface area contributed by atoms with Crippen molar-refractivity contribution in [1.82, 2.24) is 15.6 Å². The fraction of sp³-hybridized carbons (Fsp3) is 0.667. The first kappa shape index (κ1) is 21.2. The van der Waals surface area contributed by atoms with Gasteiger partial charge in [0.15, 0.2) is 5.96 Å². The standard InChI is InChI=1S/C18H30N4O.HI/c1-7-19-16(21-12-14-13(2)9-8-10-20-14)22-15-11-18(5,23-6)17(15,3)4;/h8-10,15H,7,11-12H2,1-6H3,(H2,19,21,22);1H. The van der Waals surface area contributed by atoms with Crippen molar-refractivity contribution in [2.75, 3.05) is 13.7 Å². The van der Waals surface area contributed by atoms with Gasteiger partial charge in [-0.2, -0.15) is 0 Å². The molecule has 1 heterocycles. The normalized spacial score (nSPS) is 25.4. The van der Waals surface area contributed by atoms with Crippen LogP contribution in [0.5, 0.6) is 0 Å². The molecular weight excluding hydrogens is 415 g/mol. The predicted molar refractivity (Wildman–Crippen MR) is 110 cm³/mol. The van der Waals surface area contributed by atoms with E-state index in [9.17, 15) is 0 Å². The molecule has 2 atom stereocenters. The smallest absolute Gasteiger partial charge is 0.191 e. The third-order valence-corrected chi connectivity index (χ3v) is 5.44. The lowest BCUT2D eigenvalue weighted by Crippen LogP contribution is -2.69. The molecule has 1 aromatic heterocycles. The number of hydrogen-bond donors (Lipinski definition) is 2. The molecule has 1 aliphatic carbocycles. The number of aromatic nitrogens is 1. The summed E-state index contributed by atoms with van der Waals surface area (Å²) in [7, 11) is 1.79. The first-order valence-corrected chi connectivity index (χ1v) is 8.34. The lowest BCUT2D eigenvalue weighted by molar-refractivity contribution is -0.176. The zero-order valence-electron chi connectivity index (χ0n) is 15.6. The second kappa shape index (κ2) is 8.47. The van der Waals surface area contributed by atoms with E-state index in [2.05, 4.69) is 56.3 Å². The molecule has 0 radical (unpaired) electrons. The number of rotatable bonds is 5. The van der Waals surface area contributed by atoms with Gasteiger partial charge in [0.2, 0.25) is 0 Å². The molecule has 0 bridgehead atoms. The largest absolute Gasteiger partial charge is 0.378 e. The second-order valence-corrected chi connectivity index (χ2v) is 7.02. The van der Waals surface area contributed by atoms with Crippen LogP contribution in [0.3, 0.4) is 0 Å². The molecule has 1 aromatic rings. The van der Waals surface area contributed by atoms with E-state index in [4.69, 9.17) is 9.73 Å². The van der Waals surface area contributed by atoms with E-state index < -0.39 is 0 Å². The minimum absolute atomic E-state index is 0. The van der Waals surface area contributed by atoms with E-state index in [1.165, 1.54) is 5.56 Å². The van der Waals surface area contributed by atoms with Gasteiger partial charge in [-0.05, 0) is 38.8 Å². The van der Waals surface area contributed by atoms with Crippen LogP contribution in [0.15, 0.2) is 23.3 Å². The Kier molecular flexibility index (Phi) is 7.46. The minimum atomic E-state index is -0.0838. The molecule has 1 saturated carbocycles. The molecule has 0 aromatic carbocycles. The summed E-state index contributed by atoms with van der Waals surface area (Å²) in [4.78, 5) is 9.10. The lowest BCUT2D eigenvalue weighted by Gasteiger charge is -2.59.